The van der Waals surface area contributed by atoms with Gasteiger partial charge in [-0.05, 0) is 24.4 Å². The van der Waals surface area contributed by atoms with Crippen molar-refractivity contribution in [3.8, 4) is 11.4 Å². The van der Waals surface area contributed by atoms with Gasteiger partial charge in [-0.3, -0.25) is 4.57 Å². The number of nitrogens with zero attached hydrogens (tertiary/aromatic N) is 1. The van der Waals surface area contributed by atoms with Gasteiger partial charge in [0.05, 0.1) is 12.6 Å². The van der Waals surface area contributed by atoms with Crippen molar-refractivity contribution in [3.05, 3.63) is 52.6 Å². The van der Waals surface area contributed by atoms with Crippen molar-refractivity contribution in [1.82, 2.24) is 9.55 Å². The number of aromatic amines is 1. The van der Waals surface area contributed by atoms with Crippen molar-refractivity contribution in [2.24, 2.45) is 0 Å². The van der Waals surface area contributed by atoms with Crippen LogP contribution in [-0.2, 0) is 0 Å². The van der Waals surface area contributed by atoms with E-state index in [1.54, 1.807) is 18.2 Å². The molecule has 3 rings (SSSR count). The molecule has 1 heterocycles. The fourth-order valence-corrected chi connectivity index (χ4v) is 2.54. The van der Waals surface area contributed by atoms with E-state index in [0.717, 1.165) is 0 Å². The van der Waals surface area contributed by atoms with E-state index in [0.29, 0.717) is 28.9 Å². The van der Waals surface area contributed by atoms with Gasteiger partial charge >= 0.3 is 0 Å². The van der Waals surface area contributed by atoms with Crippen LogP contribution in [0.2, 0.25) is 0 Å². The van der Waals surface area contributed by atoms with Crippen LogP contribution in [-0.4, -0.2) is 16.7 Å². The lowest BCUT2D eigenvalue weighted by molar-refractivity contribution is 0.419. The lowest BCUT2D eigenvalue weighted by atomic mass is 10.2. The zero-order valence-electron chi connectivity index (χ0n) is 10.8. The number of nitrogens with one attached hydrogen (secondary N) is 1. The predicted octanol–water partition coefficient (Wildman–Crippen LogP) is 4.11. The maximum Gasteiger partial charge on any atom is 0.183 e. The molecule has 0 radical (unpaired) electrons. The molecule has 0 saturated heterocycles. The molecule has 7 heteroatoms. The number of hydrogen-bond acceptors (Lipinski definition) is 2. The summed E-state index contributed by atoms with van der Waals surface area (Å²) >= 11 is 5.12. The lowest BCUT2D eigenvalue weighted by Crippen LogP contribution is -2.02. The molecule has 0 spiro atoms. The number of methoxy groups -OCH3 is 1. The number of para-hydroxylation sites is 1. The molecule has 0 aliphatic carbocycles. The van der Waals surface area contributed by atoms with Gasteiger partial charge in [0.1, 0.15) is 22.8 Å². The fourth-order valence-electron chi connectivity index (χ4n) is 2.24. The van der Waals surface area contributed by atoms with E-state index in [4.69, 9.17) is 17.0 Å². The first-order valence-electron chi connectivity index (χ1n) is 5.95. The monoisotopic (exact) mass is 310 g/mol. The van der Waals surface area contributed by atoms with Gasteiger partial charge in [-0.15, -0.1) is 0 Å². The van der Waals surface area contributed by atoms with Gasteiger partial charge in [0.25, 0.3) is 0 Å². The molecule has 2 aromatic carbocycles. The van der Waals surface area contributed by atoms with Crippen LogP contribution in [0, 0.1) is 22.2 Å². The van der Waals surface area contributed by atoms with Gasteiger partial charge in [0, 0.05) is 12.1 Å². The second kappa shape index (κ2) is 4.92. The van der Waals surface area contributed by atoms with Crippen LogP contribution in [0.4, 0.5) is 13.2 Å². The van der Waals surface area contributed by atoms with Gasteiger partial charge in [0.2, 0.25) is 0 Å². The molecule has 0 bridgehead atoms. The van der Waals surface area contributed by atoms with Crippen LogP contribution in [0.5, 0.6) is 5.75 Å². The lowest BCUT2D eigenvalue weighted by Gasteiger charge is -2.08. The number of benzene rings is 2. The number of fused-ring (bicyclic) bond motifs is 1. The molecule has 0 atom stereocenters. The molecule has 3 aromatic rings. The highest BCUT2D eigenvalue weighted by Crippen LogP contribution is 2.29. The van der Waals surface area contributed by atoms with Gasteiger partial charge in [-0.25, -0.2) is 13.2 Å². The van der Waals surface area contributed by atoms with Crippen LogP contribution in [0.15, 0.2) is 30.3 Å². The van der Waals surface area contributed by atoms with Gasteiger partial charge in [-0.1, -0.05) is 6.07 Å². The molecule has 1 N–H and O–H groups in total. The summed E-state index contributed by atoms with van der Waals surface area (Å²) in [6, 6.07) is 6.21. The molecular formula is C14H9F3N2OS. The number of rotatable bonds is 2. The third-order valence-electron chi connectivity index (χ3n) is 3.11. The van der Waals surface area contributed by atoms with Gasteiger partial charge in [0.15, 0.2) is 16.4 Å². The molecule has 21 heavy (non-hydrogen) atoms. The highest BCUT2D eigenvalue weighted by Gasteiger charge is 2.18. The fraction of sp³-hybridized carbons (Fsp3) is 0.0714. The van der Waals surface area contributed by atoms with Crippen molar-refractivity contribution in [1.29, 1.82) is 0 Å². The summed E-state index contributed by atoms with van der Waals surface area (Å²) in [5, 5.41) is 0. The molecule has 3 nitrogen and oxygen atoms in total. The summed E-state index contributed by atoms with van der Waals surface area (Å²) in [5.41, 5.74) is 0.512. The van der Waals surface area contributed by atoms with Crippen molar-refractivity contribution in [3.63, 3.8) is 0 Å². The van der Waals surface area contributed by atoms with Crippen LogP contribution in [0.3, 0.4) is 0 Å². The largest absolute Gasteiger partial charge is 0.494 e. The average molecular weight is 310 g/mol. The number of ether oxygens (including phenoxy) is 1. The van der Waals surface area contributed by atoms with Gasteiger partial charge < -0.3 is 9.72 Å². The Kier molecular flexibility index (Phi) is 3.21. The van der Waals surface area contributed by atoms with E-state index in [1.807, 2.05) is 0 Å². The Morgan fingerprint density at radius 2 is 1.81 bits per heavy atom. The predicted molar refractivity (Wildman–Crippen MR) is 74.9 cm³/mol. The molecule has 0 saturated carbocycles. The van der Waals surface area contributed by atoms with E-state index < -0.39 is 23.1 Å². The Balaban J connectivity index is 2.42. The molecular weight excluding hydrogens is 301 g/mol. The first-order valence-corrected chi connectivity index (χ1v) is 6.36. The molecule has 0 aliphatic heterocycles. The number of H-pyrrole nitrogens is 1. The molecule has 1 aromatic heterocycles. The van der Waals surface area contributed by atoms with Crippen LogP contribution in [0.25, 0.3) is 16.7 Å². The first kappa shape index (κ1) is 13.7. The Labute approximate surface area is 122 Å². The van der Waals surface area contributed by atoms with Crippen molar-refractivity contribution < 1.29 is 17.9 Å². The average Bonchev–Trinajstić information content (AvgIpc) is 2.74. The van der Waals surface area contributed by atoms with Gasteiger partial charge in [-0.2, -0.15) is 0 Å². The zero-order chi connectivity index (χ0) is 15.1. The van der Waals surface area contributed by atoms with E-state index in [-0.39, 0.29) is 4.77 Å². The SMILES string of the molecule is COc1cccc2c1[nH]c(=S)n2-c1c(F)cc(F)cc1F. The maximum absolute atomic E-state index is 14.0. The second-order valence-electron chi connectivity index (χ2n) is 4.34. The summed E-state index contributed by atoms with van der Waals surface area (Å²) in [4.78, 5) is 2.84. The third kappa shape index (κ3) is 2.09. The van der Waals surface area contributed by atoms with Crippen molar-refractivity contribution in [2.45, 2.75) is 0 Å². The minimum absolute atomic E-state index is 0.0823. The Morgan fingerprint density at radius 1 is 1.14 bits per heavy atom. The van der Waals surface area contributed by atoms with E-state index in [9.17, 15) is 13.2 Å². The van der Waals surface area contributed by atoms with E-state index in [1.165, 1.54) is 11.7 Å². The Bertz CT molecular complexity index is 878. The summed E-state index contributed by atoms with van der Waals surface area (Å²) in [7, 11) is 1.47. The zero-order valence-corrected chi connectivity index (χ0v) is 11.6. The van der Waals surface area contributed by atoms with E-state index >= 15 is 0 Å². The number of imidazole rings is 1. The highest BCUT2D eigenvalue weighted by molar-refractivity contribution is 7.71. The molecule has 0 amide bonds. The topological polar surface area (TPSA) is 29.9 Å². The Hall–Kier alpha value is -2.28. The summed E-state index contributed by atoms with van der Waals surface area (Å²) in [6.07, 6.45) is 0. The first-order chi connectivity index (χ1) is 10.0. The number of hydrogen-bond donors (Lipinski definition) is 1. The third-order valence-corrected chi connectivity index (χ3v) is 3.39. The van der Waals surface area contributed by atoms with E-state index in [2.05, 4.69) is 4.98 Å². The summed E-state index contributed by atoms with van der Waals surface area (Å²) in [5.74, 6) is -2.57. The normalized spacial score (nSPS) is 11.0. The molecule has 0 aliphatic rings. The van der Waals surface area contributed by atoms with Crippen molar-refractivity contribution >= 4 is 23.3 Å². The smallest absolute Gasteiger partial charge is 0.183 e. The number of halogens is 3. The highest BCUT2D eigenvalue weighted by atomic mass is 32.1. The standard InChI is InChI=1S/C14H9F3N2OS/c1-20-11-4-2-3-10-12(11)18-14(21)19(10)13-8(16)5-7(15)6-9(13)17/h2-6H,1H3,(H,18,21). The maximum atomic E-state index is 14.0. The minimum atomic E-state index is -1.03. The summed E-state index contributed by atoms with van der Waals surface area (Å²) < 4.78 is 47.4. The van der Waals surface area contributed by atoms with Crippen LogP contribution in [0.1, 0.15) is 0 Å². The molecule has 0 unspecified atom stereocenters. The number of aromatic nitrogens is 2. The quantitative estimate of drug-likeness (QED) is 0.722. The van der Waals surface area contributed by atoms with Crippen LogP contribution >= 0.6 is 12.2 Å². The Morgan fingerprint density at radius 3 is 2.43 bits per heavy atom. The molecule has 108 valence electrons. The van der Waals surface area contributed by atoms with Crippen molar-refractivity contribution in [2.75, 3.05) is 7.11 Å². The molecule has 0 fully saturated rings. The summed E-state index contributed by atoms with van der Waals surface area (Å²) in [6.45, 7) is 0. The second-order valence-corrected chi connectivity index (χ2v) is 4.72. The minimum Gasteiger partial charge on any atom is -0.494 e. The van der Waals surface area contributed by atoms with Crippen LogP contribution < -0.4 is 4.74 Å².